The number of benzene rings is 1. The molecule has 6 heteroatoms. The van der Waals surface area contributed by atoms with Crippen molar-refractivity contribution in [2.75, 3.05) is 25.5 Å². The molecule has 0 radical (unpaired) electrons. The van der Waals surface area contributed by atoms with Gasteiger partial charge in [0.25, 0.3) is 5.91 Å². The number of rotatable bonds is 6. The quantitative estimate of drug-likeness (QED) is 0.816. The zero-order valence-electron chi connectivity index (χ0n) is 14.1. The largest absolute Gasteiger partial charge is 0.340 e. The summed E-state index contributed by atoms with van der Waals surface area (Å²) in [4.78, 5) is 28.4. The minimum atomic E-state index is -0.0896. The number of likely N-dealkylation sites (N-methyl/N-ethyl adjacent to an activating group) is 1. The molecule has 0 bridgehead atoms. The first-order valence-corrected chi connectivity index (χ1v) is 8.17. The minimum absolute atomic E-state index is 0.0896. The molecule has 126 valence electrons. The molecule has 1 aliphatic rings. The number of anilines is 1. The number of aromatic nitrogens is 2. The number of carbonyl (C=O) groups is 2. The van der Waals surface area contributed by atoms with E-state index < -0.39 is 0 Å². The lowest BCUT2D eigenvalue weighted by molar-refractivity contribution is -0.119. The van der Waals surface area contributed by atoms with E-state index in [0.717, 1.165) is 12.8 Å². The van der Waals surface area contributed by atoms with Crippen LogP contribution in [0.15, 0.2) is 42.7 Å². The van der Waals surface area contributed by atoms with Gasteiger partial charge in [-0.2, -0.15) is 5.10 Å². The topological polar surface area (TPSA) is 58.4 Å². The average molecular weight is 326 g/mol. The van der Waals surface area contributed by atoms with Gasteiger partial charge in [0, 0.05) is 39.0 Å². The highest BCUT2D eigenvalue weighted by molar-refractivity contribution is 6.05. The van der Waals surface area contributed by atoms with Crippen LogP contribution in [0.25, 0.3) is 0 Å². The summed E-state index contributed by atoms with van der Waals surface area (Å²) in [5.74, 6) is 0.123. The van der Waals surface area contributed by atoms with Crippen molar-refractivity contribution in [3.05, 3.63) is 48.3 Å². The summed E-state index contributed by atoms with van der Waals surface area (Å²) in [5, 5.41) is 4.14. The number of hydrogen-bond acceptors (Lipinski definition) is 3. The van der Waals surface area contributed by atoms with Crippen LogP contribution in [0.1, 0.15) is 23.2 Å². The lowest BCUT2D eigenvalue weighted by Crippen LogP contribution is -2.33. The molecule has 0 atom stereocenters. The predicted molar refractivity (Wildman–Crippen MR) is 91.8 cm³/mol. The Labute approximate surface area is 141 Å². The van der Waals surface area contributed by atoms with Gasteiger partial charge in [-0.3, -0.25) is 14.3 Å². The third-order valence-electron chi connectivity index (χ3n) is 4.32. The summed E-state index contributed by atoms with van der Waals surface area (Å²) in [6.07, 6.45) is 5.48. The van der Waals surface area contributed by atoms with Crippen LogP contribution in [-0.2, 0) is 11.3 Å². The second kappa shape index (κ2) is 6.86. The summed E-state index contributed by atoms with van der Waals surface area (Å²) in [6.45, 7) is 1.18. The zero-order chi connectivity index (χ0) is 17.1. The molecule has 1 aromatic heterocycles. The van der Waals surface area contributed by atoms with Crippen molar-refractivity contribution >= 4 is 17.5 Å². The third-order valence-corrected chi connectivity index (χ3v) is 4.32. The molecule has 24 heavy (non-hydrogen) atoms. The van der Waals surface area contributed by atoms with Crippen molar-refractivity contribution < 1.29 is 9.59 Å². The first-order valence-electron chi connectivity index (χ1n) is 8.17. The van der Waals surface area contributed by atoms with Crippen LogP contribution in [0, 0.1) is 5.92 Å². The Bertz CT molecular complexity index is 722. The average Bonchev–Trinajstić information content (AvgIpc) is 3.33. The van der Waals surface area contributed by atoms with Crippen molar-refractivity contribution in [1.82, 2.24) is 14.7 Å². The van der Waals surface area contributed by atoms with Crippen LogP contribution >= 0.6 is 0 Å². The van der Waals surface area contributed by atoms with Gasteiger partial charge < -0.3 is 9.80 Å². The van der Waals surface area contributed by atoms with Crippen LogP contribution in [0.3, 0.4) is 0 Å². The minimum Gasteiger partial charge on any atom is -0.340 e. The molecule has 0 saturated heterocycles. The Morgan fingerprint density at radius 1 is 1.21 bits per heavy atom. The number of hydrogen-bond donors (Lipinski definition) is 0. The van der Waals surface area contributed by atoms with Gasteiger partial charge in [0.1, 0.15) is 0 Å². The zero-order valence-corrected chi connectivity index (χ0v) is 14.1. The van der Waals surface area contributed by atoms with E-state index in [4.69, 9.17) is 0 Å². The Kier molecular flexibility index (Phi) is 4.64. The van der Waals surface area contributed by atoms with E-state index >= 15 is 0 Å². The van der Waals surface area contributed by atoms with Crippen molar-refractivity contribution in [2.24, 2.45) is 5.92 Å². The summed E-state index contributed by atoms with van der Waals surface area (Å²) < 4.78 is 1.79. The van der Waals surface area contributed by atoms with Gasteiger partial charge in [-0.25, -0.2) is 0 Å². The van der Waals surface area contributed by atoms with E-state index in [9.17, 15) is 9.59 Å². The van der Waals surface area contributed by atoms with Gasteiger partial charge in [-0.1, -0.05) is 12.1 Å². The van der Waals surface area contributed by atoms with Crippen LogP contribution in [0.5, 0.6) is 0 Å². The molecule has 1 heterocycles. The van der Waals surface area contributed by atoms with Gasteiger partial charge in [-0.15, -0.1) is 0 Å². The van der Waals surface area contributed by atoms with E-state index in [1.165, 1.54) is 0 Å². The summed E-state index contributed by atoms with van der Waals surface area (Å²) in [5.41, 5.74) is 1.22. The summed E-state index contributed by atoms with van der Waals surface area (Å²) in [6, 6.07) is 9.14. The first kappa shape index (κ1) is 16.2. The van der Waals surface area contributed by atoms with Crippen molar-refractivity contribution in [3.63, 3.8) is 0 Å². The van der Waals surface area contributed by atoms with Gasteiger partial charge in [0.15, 0.2) is 0 Å². The molecule has 1 aromatic carbocycles. The molecule has 0 unspecified atom stereocenters. The standard InChI is InChI=1S/C18H22N4O2/c1-20(12-13-22-11-5-10-19-22)18(24)15-6-3-4-7-16(15)21(2)17(23)14-8-9-14/h3-7,10-11,14H,8-9,12-13H2,1-2H3. The predicted octanol–water partition coefficient (Wildman–Crippen LogP) is 2.03. The highest BCUT2D eigenvalue weighted by Crippen LogP contribution is 2.33. The molecule has 0 spiro atoms. The second-order valence-corrected chi connectivity index (χ2v) is 6.18. The van der Waals surface area contributed by atoms with Crippen molar-refractivity contribution in [1.29, 1.82) is 0 Å². The fraction of sp³-hybridized carbons (Fsp3) is 0.389. The fourth-order valence-electron chi connectivity index (χ4n) is 2.66. The van der Waals surface area contributed by atoms with E-state index in [1.54, 1.807) is 40.8 Å². The summed E-state index contributed by atoms with van der Waals surface area (Å²) >= 11 is 0. The van der Waals surface area contributed by atoms with Gasteiger partial charge in [-0.05, 0) is 31.0 Å². The van der Waals surface area contributed by atoms with Crippen molar-refractivity contribution in [2.45, 2.75) is 19.4 Å². The van der Waals surface area contributed by atoms with E-state index in [2.05, 4.69) is 5.10 Å². The van der Waals surface area contributed by atoms with Gasteiger partial charge in [0.2, 0.25) is 5.91 Å². The normalized spacial score (nSPS) is 13.6. The van der Waals surface area contributed by atoms with E-state index in [-0.39, 0.29) is 17.7 Å². The Balaban J connectivity index is 1.72. The monoisotopic (exact) mass is 326 g/mol. The lowest BCUT2D eigenvalue weighted by Gasteiger charge is -2.23. The molecule has 6 nitrogen and oxygen atoms in total. The molecule has 2 amide bonds. The van der Waals surface area contributed by atoms with Crippen LogP contribution in [-0.4, -0.2) is 47.1 Å². The second-order valence-electron chi connectivity index (χ2n) is 6.18. The smallest absolute Gasteiger partial charge is 0.255 e. The van der Waals surface area contributed by atoms with Crippen LogP contribution in [0.4, 0.5) is 5.69 Å². The molecule has 0 aliphatic heterocycles. The molecule has 1 aliphatic carbocycles. The first-order chi connectivity index (χ1) is 11.6. The highest BCUT2D eigenvalue weighted by Gasteiger charge is 2.33. The number of amides is 2. The molecular formula is C18H22N4O2. The maximum Gasteiger partial charge on any atom is 0.255 e. The van der Waals surface area contributed by atoms with Crippen molar-refractivity contribution in [3.8, 4) is 0 Å². The molecule has 2 aromatic rings. The molecule has 0 N–H and O–H groups in total. The Hall–Kier alpha value is -2.63. The fourth-order valence-corrected chi connectivity index (χ4v) is 2.66. The van der Waals surface area contributed by atoms with Gasteiger partial charge in [0.05, 0.1) is 17.8 Å². The lowest BCUT2D eigenvalue weighted by atomic mass is 10.1. The molecule has 1 fully saturated rings. The Morgan fingerprint density at radius 3 is 2.62 bits per heavy atom. The number of carbonyl (C=O) groups excluding carboxylic acids is 2. The molecule has 3 rings (SSSR count). The number of para-hydroxylation sites is 1. The van der Waals surface area contributed by atoms with Crippen LogP contribution in [0.2, 0.25) is 0 Å². The molecular weight excluding hydrogens is 304 g/mol. The Morgan fingerprint density at radius 2 is 1.96 bits per heavy atom. The van der Waals surface area contributed by atoms with Crippen LogP contribution < -0.4 is 4.90 Å². The third kappa shape index (κ3) is 3.48. The molecule has 1 saturated carbocycles. The maximum absolute atomic E-state index is 12.8. The summed E-state index contributed by atoms with van der Waals surface area (Å²) in [7, 11) is 3.52. The van der Waals surface area contributed by atoms with E-state index in [0.29, 0.717) is 24.3 Å². The maximum atomic E-state index is 12.8. The van der Waals surface area contributed by atoms with E-state index in [1.807, 2.05) is 30.5 Å². The number of nitrogens with zero attached hydrogens (tertiary/aromatic N) is 4. The highest BCUT2D eigenvalue weighted by atomic mass is 16.2. The van der Waals surface area contributed by atoms with Gasteiger partial charge >= 0.3 is 0 Å². The SMILES string of the molecule is CN(CCn1cccn1)C(=O)c1ccccc1N(C)C(=O)C1CC1.